The van der Waals surface area contributed by atoms with E-state index in [2.05, 4.69) is 15.2 Å². The zero-order valence-electron chi connectivity index (χ0n) is 13.6. The minimum Gasteiger partial charge on any atom is -0.366 e. The van der Waals surface area contributed by atoms with E-state index in [1.807, 2.05) is 44.2 Å². The van der Waals surface area contributed by atoms with Crippen LogP contribution in [0.4, 0.5) is 5.82 Å². The van der Waals surface area contributed by atoms with Crippen LogP contribution in [0.25, 0.3) is 11.1 Å². The van der Waals surface area contributed by atoms with Crippen LogP contribution in [0.1, 0.15) is 21.6 Å². The van der Waals surface area contributed by atoms with Crippen LogP contribution < -0.4 is 16.0 Å². The van der Waals surface area contributed by atoms with Crippen LogP contribution >= 0.6 is 0 Å². The topological polar surface area (TPSA) is 71.2 Å². The Morgan fingerprint density at radius 3 is 2.52 bits per heavy atom. The second-order valence-electron chi connectivity index (χ2n) is 5.90. The number of nitrogens with zero attached hydrogens (tertiary/aromatic N) is 2. The van der Waals surface area contributed by atoms with Crippen molar-refractivity contribution in [2.75, 3.05) is 31.1 Å². The second kappa shape index (κ2) is 6.38. The highest BCUT2D eigenvalue weighted by molar-refractivity contribution is 6.01. The number of pyridine rings is 1. The van der Waals surface area contributed by atoms with Gasteiger partial charge in [-0.1, -0.05) is 24.3 Å². The van der Waals surface area contributed by atoms with Gasteiger partial charge in [0.1, 0.15) is 5.82 Å². The van der Waals surface area contributed by atoms with E-state index in [9.17, 15) is 4.79 Å². The molecular weight excluding hydrogens is 288 g/mol. The lowest BCUT2D eigenvalue weighted by Gasteiger charge is -2.29. The smallest absolute Gasteiger partial charge is 0.251 e. The molecule has 2 aromatic rings. The molecule has 1 saturated heterocycles. The normalized spacial score (nSPS) is 14.8. The highest BCUT2D eigenvalue weighted by Gasteiger charge is 2.20. The Labute approximate surface area is 136 Å². The molecule has 23 heavy (non-hydrogen) atoms. The van der Waals surface area contributed by atoms with Gasteiger partial charge >= 0.3 is 0 Å². The van der Waals surface area contributed by atoms with Gasteiger partial charge in [-0.25, -0.2) is 4.98 Å². The Hall–Kier alpha value is -2.40. The standard InChI is InChI=1S/C18H22N4O/c1-12-5-3-4-6-14(12)15-11-16(22-9-7-20-8-10-22)21-13(2)17(15)18(19)23/h3-6,11,20H,7-10H2,1-2H3,(H2,19,23). The van der Waals surface area contributed by atoms with Crippen molar-refractivity contribution >= 4 is 11.7 Å². The zero-order valence-corrected chi connectivity index (χ0v) is 13.6. The number of nitrogens with two attached hydrogens (primary N) is 1. The maximum atomic E-state index is 12.0. The fraction of sp³-hybridized carbons (Fsp3) is 0.333. The molecule has 120 valence electrons. The molecule has 0 radical (unpaired) electrons. The molecule has 0 saturated carbocycles. The van der Waals surface area contributed by atoms with Gasteiger partial charge in [0.05, 0.1) is 11.3 Å². The molecule has 3 N–H and O–H groups in total. The lowest BCUT2D eigenvalue weighted by atomic mass is 9.95. The number of amides is 1. The van der Waals surface area contributed by atoms with Gasteiger partial charge in [0, 0.05) is 31.7 Å². The number of anilines is 1. The molecule has 5 nitrogen and oxygen atoms in total. The van der Waals surface area contributed by atoms with Crippen molar-refractivity contribution in [2.24, 2.45) is 5.73 Å². The maximum absolute atomic E-state index is 12.0. The third-order valence-electron chi connectivity index (χ3n) is 4.31. The number of aromatic nitrogens is 1. The van der Waals surface area contributed by atoms with E-state index < -0.39 is 5.91 Å². The van der Waals surface area contributed by atoms with Gasteiger partial charge in [0.25, 0.3) is 5.91 Å². The molecule has 5 heteroatoms. The Bertz CT molecular complexity index is 736. The van der Waals surface area contributed by atoms with Gasteiger partial charge in [-0.15, -0.1) is 0 Å². The number of nitrogens with one attached hydrogen (secondary N) is 1. The molecule has 0 unspecified atom stereocenters. The zero-order chi connectivity index (χ0) is 16.4. The predicted octanol–water partition coefficient (Wildman–Crippen LogP) is 1.87. The molecule has 2 heterocycles. The van der Waals surface area contributed by atoms with Crippen LogP contribution in [0.15, 0.2) is 30.3 Å². The molecular formula is C18H22N4O. The monoisotopic (exact) mass is 310 g/mol. The first-order chi connectivity index (χ1) is 11.1. The SMILES string of the molecule is Cc1ccccc1-c1cc(N2CCNCC2)nc(C)c1C(N)=O. The van der Waals surface area contributed by atoms with Crippen LogP contribution in [-0.2, 0) is 0 Å². The number of carbonyl (C=O) groups is 1. The number of piperazine rings is 1. The van der Waals surface area contributed by atoms with E-state index >= 15 is 0 Å². The summed E-state index contributed by atoms with van der Waals surface area (Å²) in [6.45, 7) is 7.61. The third-order valence-corrected chi connectivity index (χ3v) is 4.31. The Morgan fingerprint density at radius 1 is 1.17 bits per heavy atom. The van der Waals surface area contributed by atoms with E-state index in [4.69, 9.17) is 5.73 Å². The van der Waals surface area contributed by atoms with E-state index in [1.54, 1.807) is 0 Å². The molecule has 0 aliphatic carbocycles. The van der Waals surface area contributed by atoms with Crippen LogP contribution in [0.5, 0.6) is 0 Å². The van der Waals surface area contributed by atoms with Crippen LogP contribution in [-0.4, -0.2) is 37.1 Å². The number of hydrogen-bond acceptors (Lipinski definition) is 4. The van der Waals surface area contributed by atoms with Crippen LogP contribution in [0, 0.1) is 13.8 Å². The predicted molar refractivity (Wildman–Crippen MR) is 92.7 cm³/mol. The molecule has 0 atom stereocenters. The summed E-state index contributed by atoms with van der Waals surface area (Å²) in [4.78, 5) is 18.9. The van der Waals surface area contributed by atoms with Crippen molar-refractivity contribution in [3.05, 3.63) is 47.2 Å². The Kier molecular flexibility index (Phi) is 4.30. The number of hydrogen-bond donors (Lipinski definition) is 2. The fourth-order valence-electron chi connectivity index (χ4n) is 3.11. The van der Waals surface area contributed by atoms with E-state index in [1.165, 1.54) is 0 Å². The first-order valence-electron chi connectivity index (χ1n) is 7.91. The van der Waals surface area contributed by atoms with E-state index in [-0.39, 0.29) is 0 Å². The van der Waals surface area contributed by atoms with E-state index in [0.717, 1.165) is 48.7 Å². The van der Waals surface area contributed by atoms with Gasteiger partial charge in [0.2, 0.25) is 0 Å². The van der Waals surface area contributed by atoms with Crippen molar-refractivity contribution in [3.63, 3.8) is 0 Å². The quantitative estimate of drug-likeness (QED) is 0.908. The van der Waals surface area contributed by atoms with Gasteiger partial charge in [0.15, 0.2) is 0 Å². The highest BCUT2D eigenvalue weighted by Crippen LogP contribution is 2.31. The summed E-state index contributed by atoms with van der Waals surface area (Å²) < 4.78 is 0. The molecule has 0 spiro atoms. The fourth-order valence-corrected chi connectivity index (χ4v) is 3.11. The number of rotatable bonds is 3. The van der Waals surface area contributed by atoms with Crippen molar-refractivity contribution in [3.8, 4) is 11.1 Å². The second-order valence-corrected chi connectivity index (χ2v) is 5.90. The number of benzene rings is 1. The van der Waals surface area contributed by atoms with Crippen LogP contribution in [0.2, 0.25) is 0 Å². The summed E-state index contributed by atoms with van der Waals surface area (Å²) in [5, 5.41) is 3.34. The third kappa shape index (κ3) is 3.05. The minimum absolute atomic E-state index is 0.430. The lowest BCUT2D eigenvalue weighted by Crippen LogP contribution is -2.44. The summed E-state index contributed by atoms with van der Waals surface area (Å²) in [7, 11) is 0. The summed E-state index contributed by atoms with van der Waals surface area (Å²) in [5.74, 6) is 0.479. The number of primary amides is 1. The summed E-state index contributed by atoms with van der Waals surface area (Å²) in [5.41, 5.74) is 9.85. The first kappa shape index (κ1) is 15.5. The lowest BCUT2D eigenvalue weighted by molar-refractivity contribution is 0.1000. The minimum atomic E-state index is -0.430. The largest absolute Gasteiger partial charge is 0.366 e. The van der Waals surface area contributed by atoms with Crippen molar-refractivity contribution in [2.45, 2.75) is 13.8 Å². The molecule has 3 rings (SSSR count). The average Bonchev–Trinajstić information content (AvgIpc) is 2.55. The van der Waals surface area contributed by atoms with Gasteiger partial charge in [-0.2, -0.15) is 0 Å². The number of aryl methyl sites for hydroxylation is 2. The van der Waals surface area contributed by atoms with Crippen molar-refractivity contribution in [1.82, 2.24) is 10.3 Å². The summed E-state index contributed by atoms with van der Waals surface area (Å²) in [6.07, 6.45) is 0. The van der Waals surface area contributed by atoms with Crippen LogP contribution in [0.3, 0.4) is 0 Å². The molecule has 1 aromatic carbocycles. The van der Waals surface area contributed by atoms with Gasteiger partial charge in [-0.05, 0) is 31.0 Å². The van der Waals surface area contributed by atoms with E-state index in [0.29, 0.717) is 11.3 Å². The highest BCUT2D eigenvalue weighted by atomic mass is 16.1. The van der Waals surface area contributed by atoms with Gasteiger partial charge in [-0.3, -0.25) is 4.79 Å². The Morgan fingerprint density at radius 2 is 1.87 bits per heavy atom. The molecule has 1 aromatic heterocycles. The molecule has 0 bridgehead atoms. The number of carbonyl (C=O) groups excluding carboxylic acids is 1. The maximum Gasteiger partial charge on any atom is 0.251 e. The van der Waals surface area contributed by atoms with Crippen molar-refractivity contribution < 1.29 is 4.79 Å². The van der Waals surface area contributed by atoms with Gasteiger partial charge < -0.3 is 16.0 Å². The molecule has 1 aliphatic heterocycles. The Balaban J connectivity index is 2.16. The molecule has 1 aliphatic rings. The molecule has 1 amide bonds. The van der Waals surface area contributed by atoms with Crippen molar-refractivity contribution in [1.29, 1.82) is 0 Å². The summed E-state index contributed by atoms with van der Waals surface area (Å²) in [6, 6.07) is 10.0. The average molecular weight is 310 g/mol. The summed E-state index contributed by atoms with van der Waals surface area (Å²) >= 11 is 0. The first-order valence-corrected chi connectivity index (χ1v) is 7.91. The molecule has 1 fully saturated rings.